The quantitative estimate of drug-likeness (QED) is 0.664. The lowest BCUT2D eigenvalue weighted by Crippen LogP contribution is -2.39. The summed E-state index contributed by atoms with van der Waals surface area (Å²) < 4.78 is 0. The van der Waals surface area contributed by atoms with E-state index in [2.05, 4.69) is 29.4 Å². The van der Waals surface area contributed by atoms with E-state index < -0.39 is 0 Å². The first kappa shape index (κ1) is 12.2. The maximum Gasteiger partial charge on any atom is 0.0577 e. The van der Waals surface area contributed by atoms with Gasteiger partial charge >= 0.3 is 0 Å². The van der Waals surface area contributed by atoms with Gasteiger partial charge in [0.1, 0.15) is 0 Å². The molecule has 4 nitrogen and oxygen atoms in total. The molecule has 86 valence electrons. The predicted octanol–water partition coefficient (Wildman–Crippen LogP) is 1.30. The Labute approximate surface area is 91.1 Å². The van der Waals surface area contributed by atoms with E-state index in [9.17, 15) is 5.11 Å². The summed E-state index contributed by atoms with van der Waals surface area (Å²) in [5, 5.41) is 19.8. The summed E-state index contributed by atoms with van der Waals surface area (Å²) in [6, 6.07) is 1.94. The molecular formula is C11H21N3O. The van der Waals surface area contributed by atoms with Crippen LogP contribution in [0.5, 0.6) is 0 Å². The van der Waals surface area contributed by atoms with Crippen LogP contribution < -0.4 is 5.32 Å². The van der Waals surface area contributed by atoms with Crippen LogP contribution in [0.1, 0.15) is 32.9 Å². The Balaban J connectivity index is 2.35. The first-order valence-corrected chi connectivity index (χ1v) is 5.45. The lowest BCUT2D eigenvalue weighted by Gasteiger charge is -2.31. The molecule has 1 aromatic heterocycles. The number of aromatic nitrogens is 2. The van der Waals surface area contributed by atoms with Gasteiger partial charge in [-0.3, -0.25) is 5.10 Å². The van der Waals surface area contributed by atoms with E-state index in [0.717, 1.165) is 25.2 Å². The largest absolute Gasteiger partial charge is 0.393 e. The van der Waals surface area contributed by atoms with Gasteiger partial charge in [-0.2, -0.15) is 5.10 Å². The van der Waals surface area contributed by atoms with Crippen molar-refractivity contribution in [3.05, 3.63) is 18.0 Å². The van der Waals surface area contributed by atoms with E-state index in [1.54, 1.807) is 6.20 Å². The molecular weight excluding hydrogens is 190 g/mol. The van der Waals surface area contributed by atoms with Crippen LogP contribution in [0, 0.1) is 5.41 Å². The summed E-state index contributed by atoms with van der Waals surface area (Å²) in [6.45, 7) is 7.62. The molecule has 0 aliphatic carbocycles. The molecule has 1 aromatic rings. The maximum absolute atomic E-state index is 9.67. The molecule has 15 heavy (non-hydrogen) atoms. The second-order valence-corrected chi connectivity index (χ2v) is 4.37. The number of H-pyrrole nitrogens is 1. The lowest BCUT2D eigenvalue weighted by molar-refractivity contribution is 0.0488. The number of rotatable bonds is 6. The average Bonchev–Trinajstić information content (AvgIpc) is 2.70. The Morgan fingerprint density at radius 1 is 1.67 bits per heavy atom. The number of nitrogens with zero attached hydrogens (tertiary/aromatic N) is 1. The number of nitrogens with one attached hydrogen (secondary N) is 2. The van der Waals surface area contributed by atoms with E-state index in [-0.39, 0.29) is 11.5 Å². The van der Waals surface area contributed by atoms with Crippen molar-refractivity contribution in [2.75, 3.05) is 6.54 Å². The van der Waals surface area contributed by atoms with Crippen LogP contribution >= 0.6 is 0 Å². The van der Waals surface area contributed by atoms with Gasteiger partial charge in [-0.1, -0.05) is 13.8 Å². The zero-order valence-corrected chi connectivity index (χ0v) is 9.75. The van der Waals surface area contributed by atoms with Crippen molar-refractivity contribution in [2.45, 2.75) is 39.8 Å². The van der Waals surface area contributed by atoms with Crippen LogP contribution in [0.25, 0.3) is 0 Å². The fourth-order valence-corrected chi connectivity index (χ4v) is 1.43. The molecule has 3 N–H and O–H groups in total. The van der Waals surface area contributed by atoms with Crippen molar-refractivity contribution in [3.63, 3.8) is 0 Å². The first-order valence-electron chi connectivity index (χ1n) is 5.45. The van der Waals surface area contributed by atoms with Crippen LogP contribution in [-0.2, 0) is 6.54 Å². The smallest absolute Gasteiger partial charge is 0.0577 e. The zero-order chi connectivity index (χ0) is 11.3. The summed E-state index contributed by atoms with van der Waals surface area (Å²) in [5.41, 5.74) is 1.01. The minimum Gasteiger partial charge on any atom is -0.393 e. The SMILES string of the molecule is CCC(C)(CNCc1ccn[nH]1)C(C)O. The molecule has 0 amide bonds. The number of aliphatic hydroxyl groups is 1. The fourth-order valence-electron chi connectivity index (χ4n) is 1.43. The van der Waals surface area contributed by atoms with Gasteiger partial charge < -0.3 is 10.4 Å². The highest BCUT2D eigenvalue weighted by Gasteiger charge is 2.27. The highest BCUT2D eigenvalue weighted by molar-refractivity contribution is 4.96. The van der Waals surface area contributed by atoms with E-state index in [1.165, 1.54) is 0 Å². The van der Waals surface area contributed by atoms with Gasteiger partial charge in [0, 0.05) is 30.4 Å². The number of hydrogen-bond acceptors (Lipinski definition) is 3. The van der Waals surface area contributed by atoms with E-state index in [0.29, 0.717) is 0 Å². The Morgan fingerprint density at radius 2 is 2.40 bits per heavy atom. The lowest BCUT2D eigenvalue weighted by atomic mass is 9.82. The van der Waals surface area contributed by atoms with Crippen molar-refractivity contribution >= 4 is 0 Å². The van der Waals surface area contributed by atoms with Gasteiger partial charge in [0.15, 0.2) is 0 Å². The van der Waals surface area contributed by atoms with Gasteiger partial charge in [-0.05, 0) is 19.4 Å². The van der Waals surface area contributed by atoms with E-state index in [1.807, 2.05) is 13.0 Å². The third-order valence-corrected chi connectivity index (χ3v) is 3.22. The second kappa shape index (κ2) is 5.28. The predicted molar refractivity (Wildman–Crippen MR) is 60.4 cm³/mol. The van der Waals surface area contributed by atoms with Crippen LogP contribution in [-0.4, -0.2) is 28.0 Å². The van der Waals surface area contributed by atoms with Crippen molar-refractivity contribution in [1.29, 1.82) is 0 Å². The van der Waals surface area contributed by atoms with Crippen LogP contribution in [0.3, 0.4) is 0 Å². The topological polar surface area (TPSA) is 60.9 Å². The third kappa shape index (κ3) is 3.32. The highest BCUT2D eigenvalue weighted by atomic mass is 16.3. The van der Waals surface area contributed by atoms with Gasteiger partial charge in [0.25, 0.3) is 0 Å². The summed E-state index contributed by atoms with van der Waals surface area (Å²) in [5.74, 6) is 0. The molecule has 1 heterocycles. The Bertz CT molecular complexity index is 271. The molecule has 2 unspecified atom stereocenters. The fraction of sp³-hybridized carbons (Fsp3) is 0.727. The highest BCUT2D eigenvalue weighted by Crippen LogP contribution is 2.24. The van der Waals surface area contributed by atoms with Gasteiger partial charge in [-0.15, -0.1) is 0 Å². The molecule has 0 spiro atoms. The minimum atomic E-state index is -0.295. The zero-order valence-electron chi connectivity index (χ0n) is 9.75. The Hall–Kier alpha value is -0.870. The number of aliphatic hydroxyl groups excluding tert-OH is 1. The number of hydrogen-bond donors (Lipinski definition) is 3. The molecule has 0 fully saturated rings. The molecule has 0 saturated heterocycles. The van der Waals surface area contributed by atoms with Crippen LogP contribution in [0.15, 0.2) is 12.3 Å². The molecule has 0 aliphatic heterocycles. The monoisotopic (exact) mass is 211 g/mol. The third-order valence-electron chi connectivity index (χ3n) is 3.22. The Morgan fingerprint density at radius 3 is 2.87 bits per heavy atom. The van der Waals surface area contributed by atoms with Crippen LogP contribution in [0.4, 0.5) is 0 Å². The van der Waals surface area contributed by atoms with Crippen LogP contribution in [0.2, 0.25) is 0 Å². The van der Waals surface area contributed by atoms with E-state index >= 15 is 0 Å². The van der Waals surface area contributed by atoms with Crippen molar-refractivity contribution in [3.8, 4) is 0 Å². The minimum absolute atomic E-state index is 0.0555. The summed E-state index contributed by atoms with van der Waals surface area (Å²) in [4.78, 5) is 0. The molecule has 2 atom stereocenters. The molecule has 0 bridgehead atoms. The average molecular weight is 211 g/mol. The second-order valence-electron chi connectivity index (χ2n) is 4.37. The van der Waals surface area contributed by atoms with Crippen molar-refractivity contribution in [1.82, 2.24) is 15.5 Å². The first-order chi connectivity index (χ1) is 7.08. The van der Waals surface area contributed by atoms with Crippen molar-refractivity contribution in [2.24, 2.45) is 5.41 Å². The molecule has 0 aliphatic rings. The molecule has 1 rings (SSSR count). The number of aromatic amines is 1. The molecule has 0 saturated carbocycles. The van der Waals surface area contributed by atoms with Gasteiger partial charge in [-0.25, -0.2) is 0 Å². The summed E-state index contributed by atoms with van der Waals surface area (Å²) >= 11 is 0. The normalized spacial score (nSPS) is 17.3. The molecule has 4 heteroatoms. The van der Waals surface area contributed by atoms with Crippen molar-refractivity contribution < 1.29 is 5.11 Å². The van der Waals surface area contributed by atoms with E-state index in [4.69, 9.17) is 0 Å². The molecule has 0 aromatic carbocycles. The van der Waals surface area contributed by atoms with Gasteiger partial charge in [0.2, 0.25) is 0 Å². The van der Waals surface area contributed by atoms with Gasteiger partial charge in [0.05, 0.1) is 6.10 Å². The standard InChI is InChI=1S/C11H21N3O/c1-4-11(3,9(2)15)8-12-7-10-5-6-13-14-10/h5-6,9,12,15H,4,7-8H2,1-3H3,(H,13,14). The Kier molecular flexibility index (Phi) is 4.29. The molecule has 0 radical (unpaired) electrons. The summed E-state index contributed by atoms with van der Waals surface area (Å²) in [6.07, 6.45) is 2.41. The summed E-state index contributed by atoms with van der Waals surface area (Å²) in [7, 11) is 0. The maximum atomic E-state index is 9.67.